The summed E-state index contributed by atoms with van der Waals surface area (Å²) in [5, 5.41) is 8.82. The molecule has 1 amide bonds. The van der Waals surface area contributed by atoms with Crippen LogP contribution in [0.1, 0.15) is 16.7 Å². The van der Waals surface area contributed by atoms with Crippen LogP contribution in [0.25, 0.3) is 6.08 Å². The van der Waals surface area contributed by atoms with Crippen molar-refractivity contribution in [1.82, 2.24) is 0 Å². The molecule has 1 saturated heterocycles. The van der Waals surface area contributed by atoms with Crippen molar-refractivity contribution in [3.05, 3.63) is 70.1 Å². The molecule has 112 valence electrons. The SMILES string of the molecule is Cc1ccc(N2C(=O)/C(=C\c3ccc(C#N)cc3)SC2=S)cc1. The van der Waals surface area contributed by atoms with E-state index in [-0.39, 0.29) is 5.91 Å². The van der Waals surface area contributed by atoms with Gasteiger partial charge >= 0.3 is 0 Å². The number of aryl methyl sites for hydroxylation is 1. The molecule has 1 fully saturated rings. The predicted octanol–water partition coefficient (Wildman–Crippen LogP) is 4.27. The minimum atomic E-state index is -0.117. The van der Waals surface area contributed by atoms with Gasteiger partial charge < -0.3 is 0 Å². The zero-order chi connectivity index (χ0) is 16.4. The molecule has 23 heavy (non-hydrogen) atoms. The van der Waals surface area contributed by atoms with Gasteiger partial charge in [0.2, 0.25) is 0 Å². The molecule has 0 atom stereocenters. The van der Waals surface area contributed by atoms with Gasteiger partial charge in [-0.3, -0.25) is 9.69 Å². The quantitative estimate of drug-likeness (QED) is 0.607. The molecule has 2 aromatic rings. The molecule has 1 heterocycles. The summed E-state index contributed by atoms with van der Waals surface area (Å²) in [6.07, 6.45) is 1.80. The molecule has 2 aromatic carbocycles. The molecule has 3 rings (SSSR count). The largest absolute Gasteiger partial charge is 0.270 e. The van der Waals surface area contributed by atoms with Crippen LogP contribution >= 0.6 is 24.0 Å². The van der Waals surface area contributed by atoms with Crippen LogP contribution in [0, 0.1) is 18.3 Å². The number of anilines is 1. The number of nitriles is 1. The Balaban J connectivity index is 1.89. The molecule has 5 heteroatoms. The van der Waals surface area contributed by atoms with Crippen molar-refractivity contribution in [1.29, 1.82) is 5.26 Å². The van der Waals surface area contributed by atoms with Crippen molar-refractivity contribution in [2.24, 2.45) is 0 Å². The van der Waals surface area contributed by atoms with Gasteiger partial charge in [0, 0.05) is 0 Å². The molecule has 0 bridgehead atoms. The van der Waals surface area contributed by atoms with E-state index in [0.29, 0.717) is 14.8 Å². The fourth-order valence-corrected chi connectivity index (χ4v) is 3.49. The second kappa shape index (κ2) is 6.37. The first-order valence-electron chi connectivity index (χ1n) is 6.93. The Hall–Kier alpha value is -2.42. The lowest BCUT2D eigenvalue weighted by Crippen LogP contribution is -2.27. The highest BCUT2D eigenvalue weighted by Crippen LogP contribution is 2.36. The number of hydrogen-bond acceptors (Lipinski definition) is 4. The third kappa shape index (κ3) is 3.19. The fraction of sp³-hybridized carbons (Fsp3) is 0.0556. The van der Waals surface area contributed by atoms with E-state index in [9.17, 15) is 4.79 Å². The first-order valence-corrected chi connectivity index (χ1v) is 8.16. The van der Waals surface area contributed by atoms with Gasteiger partial charge in [-0.25, -0.2) is 0 Å². The molecular weight excluding hydrogens is 324 g/mol. The number of thiocarbonyl (C=S) groups is 1. The summed E-state index contributed by atoms with van der Waals surface area (Å²) in [6, 6.07) is 16.9. The lowest BCUT2D eigenvalue weighted by Gasteiger charge is -2.14. The van der Waals surface area contributed by atoms with Gasteiger partial charge in [-0.05, 0) is 42.8 Å². The van der Waals surface area contributed by atoms with Crippen LogP contribution in [0.5, 0.6) is 0 Å². The second-order valence-corrected chi connectivity index (χ2v) is 6.76. The van der Waals surface area contributed by atoms with E-state index in [1.807, 2.05) is 43.3 Å². The minimum Gasteiger partial charge on any atom is -0.268 e. The van der Waals surface area contributed by atoms with Crippen molar-refractivity contribution >= 4 is 46.0 Å². The zero-order valence-corrected chi connectivity index (χ0v) is 13.9. The number of carbonyl (C=O) groups excluding carboxylic acids is 1. The summed E-state index contributed by atoms with van der Waals surface area (Å²) < 4.78 is 0.527. The standard InChI is InChI=1S/C18H12N2OS2/c1-12-2-8-15(9-3-12)20-17(21)16(23-18(20)22)10-13-4-6-14(11-19)7-5-13/h2-10H,1H3/b16-10+. The smallest absolute Gasteiger partial charge is 0.268 e. The maximum absolute atomic E-state index is 12.6. The molecule has 1 aliphatic heterocycles. The number of benzene rings is 2. The highest BCUT2D eigenvalue weighted by molar-refractivity contribution is 8.27. The highest BCUT2D eigenvalue weighted by Gasteiger charge is 2.33. The van der Waals surface area contributed by atoms with E-state index >= 15 is 0 Å². The van der Waals surface area contributed by atoms with Crippen molar-refractivity contribution < 1.29 is 4.79 Å². The molecule has 0 unspecified atom stereocenters. The molecule has 0 spiro atoms. The molecular formula is C18H12N2OS2. The number of hydrogen-bond donors (Lipinski definition) is 0. The Labute approximate surface area is 144 Å². The summed E-state index contributed by atoms with van der Waals surface area (Å²) in [5.74, 6) is -0.117. The van der Waals surface area contributed by atoms with Crippen LogP contribution in [0.15, 0.2) is 53.4 Å². The van der Waals surface area contributed by atoms with Crippen molar-refractivity contribution in [3.63, 3.8) is 0 Å². The van der Waals surface area contributed by atoms with E-state index in [4.69, 9.17) is 17.5 Å². The third-order valence-corrected chi connectivity index (χ3v) is 4.73. The van der Waals surface area contributed by atoms with Gasteiger partial charge in [0.25, 0.3) is 5.91 Å². The molecule has 3 nitrogen and oxygen atoms in total. The maximum Gasteiger partial charge on any atom is 0.270 e. The van der Waals surface area contributed by atoms with Crippen LogP contribution in [-0.2, 0) is 4.79 Å². The number of rotatable bonds is 2. The van der Waals surface area contributed by atoms with E-state index < -0.39 is 0 Å². The average Bonchev–Trinajstić information content (AvgIpc) is 2.83. The normalized spacial score (nSPS) is 16.0. The van der Waals surface area contributed by atoms with Gasteiger partial charge in [-0.15, -0.1) is 0 Å². The van der Waals surface area contributed by atoms with E-state index in [2.05, 4.69) is 6.07 Å². The van der Waals surface area contributed by atoms with Crippen LogP contribution in [0.3, 0.4) is 0 Å². The summed E-state index contributed by atoms with van der Waals surface area (Å²) in [6.45, 7) is 2.00. The zero-order valence-electron chi connectivity index (χ0n) is 12.3. The summed E-state index contributed by atoms with van der Waals surface area (Å²) in [5.41, 5.74) is 3.37. The molecule has 0 aliphatic carbocycles. The monoisotopic (exact) mass is 336 g/mol. The molecule has 0 radical (unpaired) electrons. The van der Waals surface area contributed by atoms with Gasteiger partial charge in [-0.2, -0.15) is 5.26 Å². The van der Waals surface area contributed by atoms with Gasteiger partial charge in [0.15, 0.2) is 4.32 Å². The van der Waals surface area contributed by atoms with Gasteiger partial charge in [0.05, 0.1) is 22.2 Å². The number of carbonyl (C=O) groups is 1. The Morgan fingerprint density at radius 2 is 1.78 bits per heavy atom. The highest BCUT2D eigenvalue weighted by atomic mass is 32.2. The van der Waals surface area contributed by atoms with E-state index in [0.717, 1.165) is 16.8 Å². The lowest BCUT2D eigenvalue weighted by atomic mass is 10.1. The lowest BCUT2D eigenvalue weighted by molar-refractivity contribution is -0.113. The Morgan fingerprint density at radius 1 is 1.13 bits per heavy atom. The topological polar surface area (TPSA) is 44.1 Å². The molecule has 0 N–H and O–H groups in total. The number of nitrogens with zero attached hydrogens (tertiary/aromatic N) is 2. The van der Waals surface area contributed by atoms with Gasteiger partial charge in [0.1, 0.15) is 0 Å². The summed E-state index contributed by atoms with van der Waals surface area (Å²) in [7, 11) is 0. The minimum absolute atomic E-state index is 0.117. The van der Waals surface area contributed by atoms with Gasteiger partial charge in [-0.1, -0.05) is 53.8 Å². The summed E-state index contributed by atoms with van der Waals surface area (Å²) in [4.78, 5) is 14.8. The molecule has 0 saturated carbocycles. The van der Waals surface area contributed by atoms with Crippen LogP contribution in [0.4, 0.5) is 5.69 Å². The van der Waals surface area contributed by atoms with Crippen molar-refractivity contribution in [2.45, 2.75) is 6.92 Å². The molecule has 0 aromatic heterocycles. The number of amides is 1. The van der Waals surface area contributed by atoms with Crippen molar-refractivity contribution in [2.75, 3.05) is 4.90 Å². The van der Waals surface area contributed by atoms with Crippen LogP contribution in [-0.4, -0.2) is 10.2 Å². The number of thioether (sulfide) groups is 1. The third-order valence-electron chi connectivity index (χ3n) is 3.42. The summed E-state index contributed by atoms with van der Waals surface area (Å²) >= 11 is 6.64. The van der Waals surface area contributed by atoms with Crippen LogP contribution in [0.2, 0.25) is 0 Å². The average molecular weight is 336 g/mol. The van der Waals surface area contributed by atoms with Crippen molar-refractivity contribution in [3.8, 4) is 6.07 Å². The fourth-order valence-electron chi connectivity index (χ4n) is 2.19. The van der Waals surface area contributed by atoms with Crippen LogP contribution < -0.4 is 4.90 Å². The Morgan fingerprint density at radius 3 is 2.39 bits per heavy atom. The first-order chi connectivity index (χ1) is 11.1. The predicted molar refractivity (Wildman–Crippen MR) is 98.0 cm³/mol. The maximum atomic E-state index is 12.6. The first kappa shape index (κ1) is 15.5. The Kier molecular flexibility index (Phi) is 4.28. The van der Waals surface area contributed by atoms with E-state index in [1.165, 1.54) is 11.8 Å². The van der Waals surface area contributed by atoms with E-state index in [1.54, 1.807) is 23.1 Å². The second-order valence-electron chi connectivity index (χ2n) is 5.09. The Bertz CT molecular complexity index is 846. The molecule has 1 aliphatic rings.